The third kappa shape index (κ3) is 12.2. The van der Waals surface area contributed by atoms with Crippen molar-refractivity contribution < 1.29 is 80.3 Å². The summed E-state index contributed by atoms with van der Waals surface area (Å²) < 4.78 is 69.5. The highest BCUT2D eigenvalue weighted by atomic mass is 19.4. The minimum absolute atomic E-state index is 0.386. The first-order chi connectivity index (χ1) is 21.8. The maximum absolute atomic E-state index is 13.2. The number of benzene rings is 1. The Kier molecular flexibility index (Phi) is 13.6. The van der Waals surface area contributed by atoms with E-state index in [4.69, 9.17) is 28.4 Å². The fraction of sp³-hybridized carbons (Fsp3) is 0.536. The Morgan fingerprint density at radius 1 is 0.936 bits per heavy atom. The molecule has 19 heteroatoms. The van der Waals surface area contributed by atoms with Gasteiger partial charge in [-0.25, -0.2) is 4.79 Å². The van der Waals surface area contributed by atoms with Crippen molar-refractivity contribution >= 4 is 41.7 Å². The Hall–Kier alpha value is -4.78. The number of alkyl halides is 3. The van der Waals surface area contributed by atoms with Gasteiger partial charge in [0.1, 0.15) is 25.4 Å². The van der Waals surface area contributed by atoms with Crippen molar-refractivity contribution in [3.05, 3.63) is 35.9 Å². The lowest BCUT2D eigenvalue weighted by Crippen LogP contribution is -2.69. The van der Waals surface area contributed by atoms with Gasteiger partial charge in [0.2, 0.25) is 5.91 Å². The maximum atomic E-state index is 13.2. The topological polar surface area (TPSA) is 219 Å². The van der Waals surface area contributed by atoms with E-state index in [0.717, 1.165) is 27.7 Å². The Morgan fingerprint density at radius 3 is 2.09 bits per heavy atom. The van der Waals surface area contributed by atoms with Crippen LogP contribution in [0.3, 0.4) is 0 Å². The molecule has 3 N–H and O–H groups in total. The molecule has 0 saturated carbocycles. The lowest BCUT2D eigenvalue weighted by Gasteiger charge is -2.47. The smallest absolute Gasteiger partial charge is 0.462 e. The first kappa shape index (κ1) is 38.4. The summed E-state index contributed by atoms with van der Waals surface area (Å²) in [5.41, 5.74) is 0.480. The van der Waals surface area contributed by atoms with E-state index in [0.29, 0.717) is 5.56 Å². The number of carbonyl (C=O) groups excluding carboxylic acids is 7. The van der Waals surface area contributed by atoms with Crippen LogP contribution in [0.4, 0.5) is 13.2 Å². The summed E-state index contributed by atoms with van der Waals surface area (Å²) in [6.45, 7) is 1.22. The number of hydrogen-bond acceptors (Lipinski definition) is 14. The normalized spacial score (nSPS) is 22.0. The van der Waals surface area contributed by atoms with Gasteiger partial charge in [0.25, 0.3) is 5.79 Å². The van der Waals surface area contributed by atoms with Crippen LogP contribution in [0.1, 0.15) is 39.7 Å². The van der Waals surface area contributed by atoms with E-state index in [1.807, 2.05) is 0 Å². The van der Waals surface area contributed by atoms with Gasteiger partial charge >= 0.3 is 41.9 Å². The Bertz CT molecular complexity index is 1330. The molecular formula is C28H33F3N2O14. The van der Waals surface area contributed by atoms with Crippen LogP contribution >= 0.6 is 0 Å². The Labute approximate surface area is 265 Å². The summed E-state index contributed by atoms with van der Waals surface area (Å²) in [4.78, 5) is 85.2. The van der Waals surface area contributed by atoms with Crippen LogP contribution in [0.15, 0.2) is 30.3 Å². The largest absolute Gasteiger partial charge is 0.471 e. The number of amides is 2. The zero-order valence-corrected chi connectivity index (χ0v) is 25.5. The molecule has 2 amide bonds. The standard InChI is InChI=1S/C28H33F3N2O14/c1-14(34)42-13-20(45-16(3)36)23(46-17(4)37)24-22(33-21(38)11-32-25(39)28(29,30)31)19(44-15(2)35)10-27(41,47-24)26(40)43-12-18-8-6-5-7-9-18/h5-9,19-20,22-24,41H,10-13H2,1-4H3,(H,32,39)(H,33,38)/t19-,20+,22+,23+,24?,27-/m0/s1. The predicted molar refractivity (Wildman–Crippen MR) is 145 cm³/mol. The number of hydrogen-bond donors (Lipinski definition) is 3. The van der Waals surface area contributed by atoms with Gasteiger partial charge in [-0.05, 0) is 5.56 Å². The summed E-state index contributed by atoms with van der Waals surface area (Å²) in [6.07, 6.45) is -13.9. The minimum Gasteiger partial charge on any atom is -0.462 e. The molecule has 1 aliphatic heterocycles. The number of nitrogens with one attached hydrogen (secondary N) is 2. The van der Waals surface area contributed by atoms with E-state index < -0.39 is 104 Å². The SMILES string of the molecule is CC(=O)OC[C@@H](OC(C)=O)[C@@H](OC(C)=O)C1O[C@](O)(C(=O)OCc2ccccc2)C[C@H](OC(C)=O)[C@H]1NC(=O)CNC(=O)C(F)(F)F. The molecule has 16 nitrogen and oxygen atoms in total. The summed E-state index contributed by atoms with van der Waals surface area (Å²) in [5.74, 6) is -12.3. The van der Waals surface area contributed by atoms with Gasteiger partial charge in [0, 0.05) is 27.7 Å². The number of aliphatic hydroxyl groups is 1. The molecule has 1 heterocycles. The predicted octanol–water partition coefficient (Wildman–Crippen LogP) is -0.271. The van der Waals surface area contributed by atoms with Gasteiger partial charge in [-0.15, -0.1) is 0 Å². The highest BCUT2D eigenvalue weighted by molar-refractivity contribution is 5.87. The third-order valence-corrected chi connectivity index (χ3v) is 6.17. The molecule has 1 unspecified atom stereocenters. The second-order valence-electron chi connectivity index (χ2n) is 10.1. The lowest BCUT2D eigenvalue weighted by molar-refractivity contribution is -0.300. The number of halogens is 3. The van der Waals surface area contributed by atoms with Crippen LogP contribution in [0.2, 0.25) is 0 Å². The zero-order chi connectivity index (χ0) is 35.5. The molecule has 0 bridgehead atoms. The molecule has 1 fully saturated rings. The molecule has 0 aliphatic carbocycles. The van der Waals surface area contributed by atoms with Gasteiger partial charge in [-0.1, -0.05) is 30.3 Å². The fourth-order valence-electron chi connectivity index (χ4n) is 4.35. The van der Waals surface area contributed by atoms with Crippen molar-refractivity contribution in [3.63, 3.8) is 0 Å². The van der Waals surface area contributed by atoms with Crippen molar-refractivity contribution in [2.45, 2.75) is 83.1 Å². The molecule has 1 aromatic rings. The summed E-state index contributed by atoms with van der Waals surface area (Å²) in [5, 5.41) is 14.9. The van der Waals surface area contributed by atoms with Crippen LogP contribution in [-0.4, -0.2) is 102 Å². The molecular weight excluding hydrogens is 645 g/mol. The number of rotatable bonds is 13. The molecule has 0 spiro atoms. The highest BCUT2D eigenvalue weighted by Crippen LogP contribution is 2.35. The van der Waals surface area contributed by atoms with Crippen molar-refractivity contribution in [3.8, 4) is 0 Å². The van der Waals surface area contributed by atoms with E-state index in [-0.39, 0.29) is 6.61 Å². The van der Waals surface area contributed by atoms with Gasteiger partial charge < -0.3 is 44.2 Å². The van der Waals surface area contributed by atoms with Crippen LogP contribution in [0.5, 0.6) is 0 Å². The second-order valence-corrected chi connectivity index (χ2v) is 10.1. The van der Waals surface area contributed by atoms with Crippen LogP contribution in [0.25, 0.3) is 0 Å². The molecule has 1 saturated heterocycles. The van der Waals surface area contributed by atoms with E-state index in [1.165, 1.54) is 5.32 Å². The second kappa shape index (κ2) is 16.7. The number of esters is 5. The van der Waals surface area contributed by atoms with Crippen molar-refractivity contribution in [1.29, 1.82) is 0 Å². The fourth-order valence-corrected chi connectivity index (χ4v) is 4.35. The van der Waals surface area contributed by atoms with Crippen LogP contribution in [0, 0.1) is 0 Å². The van der Waals surface area contributed by atoms with Crippen molar-refractivity contribution in [2.75, 3.05) is 13.2 Å². The molecule has 6 atom stereocenters. The van der Waals surface area contributed by atoms with Crippen LogP contribution < -0.4 is 10.6 Å². The Morgan fingerprint density at radius 2 is 1.55 bits per heavy atom. The highest BCUT2D eigenvalue weighted by Gasteiger charge is 2.58. The third-order valence-electron chi connectivity index (χ3n) is 6.17. The van der Waals surface area contributed by atoms with Crippen molar-refractivity contribution in [2.24, 2.45) is 0 Å². The minimum atomic E-state index is -5.35. The van der Waals surface area contributed by atoms with Crippen molar-refractivity contribution in [1.82, 2.24) is 10.6 Å². The van der Waals surface area contributed by atoms with E-state index >= 15 is 0 Å². The van der Waals surface area contributed by atoms with Gasteiger partial charge in [-0.2, -0.15) is 13.2 Å². The first-order valence-corrected chi connectivity index (χ1v) is 13.7. The summed E-state index contributed by atoms with van der Waals surface area (Å²) >= 11 is 0. The monoisotopic (exact) mass is 678 g/mol. The number of carbonyl (C=O) groups is 7. The van der Waals surface area contributed by atoms with Crippen LogP contribution in [-0.2, 0) is 68.6 Å². The average molecular weight is 679 g/mol. The van der Waals surface area contributed by atoms with Gasteiger partial charge in [-0.3, -0.25) is 28.8 Å². The first-order valence-electron chi connectivity index (χ1n) is 13.7. The van der Waals surface area contributed by atoms with E-state index in [9.17, 15) is 51.8 Å². The maximum Gasteiger partial charge on any atom is 0.471 e. The quantitative estimate of drug-likeness (QED) is 0.181. The molecule has 0 aromatic heterocycles. The van der Waals surface area contributed by atoms with Gasteiger partial charge in [0.15, 0.2) is 12.2 Å². The molecule has 1 aromatic carbocycles. The molecule has 2 rings (SSSR count). The zero-order valence-electron chi connectivity index (χ0n) is 25.5. The molecule has 47 heavy (non-hydrogen) atoms. The summed E-state index contributed by atoms with van der Waals surface area (Å²) in [6, 6.07) is 6.33. The molecule has 260 valence electrons. The van der Waals surface area contributed by atoms with E-state index in [2.05, 4.69) is 5.32 Å². The average Bonchev–Trinajstić information content (AvgIpc) is 2.96. The number of ether oxygens (including phenoxy) is 6. The van der Waals surface area contributed by atoms with Gasteiger partial charge in [0.05, 0.1) is 19.0 Å². The van der Waals surface area contributed by atoms with E-state index in [1.54, 1.807) is 30.3 Å². The molecule has 1 aliphatic rings. The lowest BCUT2D eigenvalue weighted by atomic mass is 9.88. The molecule has 0 radical (unpaired) electrons. The Balaban J connectivity index is 2.60. The summed E-state index contributed by atoms with van der Waals surface area (Å²) in [7, 11) is 0.